The second kappa shape index (κ2) is 6.28. The van der Waals surface area contributed by atoms with Gasteiger partial charge in [-0.3, -0.25) is 19.3 Å². The number of anilines is 1. The molecule has 29 heavy (non-hydrogen) atoms. The molecule has 1 amide bonds. The number of hydrogen-bond donors (Lipinski definition) is 3. The molecule has 1 fully saturated rings. The number of carbonyl (C=O) groups is 1. The SMILES string of the molecule is O=C(O)Nc1ccc(-c2cc3c(cc2F)c(=O)c2c(=O)[nH]sc2n3C2CC2)cc1. The highest BCUT2D eigenvalue weighted by atomic mass is 32.1. The largest absolute Gasteiger partial charge is 0.465 e. The highest BCUT2D eigenvalue weighted by Crippen LogP contribution is 2.40. The fourth-order valence-electron chi connectivity index (χ4n) is 3.62. The lowest BCUT2D eigenvalue weighted by molar-refractivity contribution is 0.210. The standard InChI is InChI=1S/C20H14FN3O4S/c21-14-7-13-15(8-12(14)9-1-3-10(4-2-9)22-20(27)28)24(11-5-6-11)19-16(17(13)25)18(26)23-29-19/h1-4,7-8,11,22H,5-6H2,(H,23,26)(H,27,28). The Kier molecular flexibility index (Phi) is 3.82. The summed E-state index contributed by atoms with van der Waals surface area (Å²) in [4.78, 5) is 36.3. The summed E-state index contributed by atoms with van der Waals surface area (Å²) in [6, 6.07) is 9.31. The molecule has 2 aromatic heterocycles. The number of aromatic nitrogens is 2. The van der Waals surface area contributed by atoms with Gasteiger partial charge in [-0.2, -0.15) is 0 Å². The predicted octanol–water partition coefficient (Wildman–Crippen LogP) is 4.14. The fourth-order valence-corrected chi connectivity index (χ4v) is 4.55. The minimum Gasteiger partial charge on any atom is -0.465 e. The van der Waals surface area contributed by atoms with Crippen LogP contribution in [0.3, 0.4) is 0 Å². The first-order chi connectivity index (χ1) is 13.9. The summed E-state index contributed by atoms with van der Waals surface area (Å²) in [5.74, 6) is -0.582. The summed E-state index contributed by atoms with van der Waals surface area (Å²) in [6.07, 6.45) is 0.681. The van der Waals surface area contributed by atoms with E-state index in [0.717, 1.165) is 24.4 Å². The number of halogens is 1. The summed E-state index contributed by atoms with van der Waals surface area (Å²) in [7, 11) is 0. The van der Waals surface area contributed by atoms with Crippen LogP contribution >= 0.6 is 11.5 Å². The summed E-state index contributed by atoms with van der Waals surface area (Å²) in [6.45, 7) is 0. The maximum absolute atomic E-state index is 14.9. The molecular formula is C20H14FN3O4S. The van der Waals surface area contributed by atoms with E-state index < -0.39 is 22.9 Å². The molecular weight excluding hydrogens is 397 g/mol. The van der Waals surface area contributed by atoms with Gasteiger partial charge in [-0.05, 0) is 54.2 Å². The van der Waals surface area contributed by atoms with Crippen molar-refractivity contribution in [2.24, 2.45) is 0 Å². The van der Waals surface area contributed by atoms with E-state index in [0.29, 0.717) is 27.2 Å². The number of pyridine rings is 1. The van der Waals surface area contributed by atoms with E-state index in [1.807, 2.05) is 4.57 Å². The molecule has 2 aromatic carbocycles. The van der Waals surface area contributed by atoms with Crippen molar-refractivity contribution in [3.05, 3.63) is 62.8 Å². The fraction of sp³-hybridized carbons (Fsp3) is 0.150. The van der Waals surface area contributed by atoms with Crippen molar-refractivity contribution < 1.29 is 14.3 Å². The first-order valence-electron chi connectivity index (χ1n) is 8.93. The molecule has 2 heterocycles. The normalized spacial score (nSPS) is 13.8. The van der Waals surface area contributed by atoms with Crippen LogP contribution in [0.15, 0.2) is 46.0 Å². The molecule has 5 rings (SSSR count). The van der Waals surface area contributed by atoms with E-state index in [1.54, 1.807) is 30.3 Å². The van der Waals surface area contributed by atoms with Crippen LogP contribution in [0.25, 0.3) is 32.2 Å². The van der Waals surface area contributed by atoms with E-state index in [4.69, 9.17) is 5.11 Å². The smallest absolute Gasteiger partial charge is 0.409 e. The Labute approximate surface area is 166 Å². The quantitative estimate of drug-likeness (QED) is 0.471. The van der Waals surface area contributed by atoms with Gasteiger partial charge in [-0.1, -0.05) is 12.1 Å². The van der Waals surface area contributed by atoms with Gasteiger partial charge in [0.1, 0.15) is 16.0 Å². The number of benzene rings is 2. The highest BCUT2D eigenvalue weighted by Gasteiger charge is 2.29. The predicted molar refractivity (Wildman–Crippen MR) is 110 cm³/mol. The number of nitrogens with zero attached hydrogens (tertiary/aromatic N) is 1. The molecule has 7 nitrogen and oxygen atoms in total. The van der Waals surface area contributed by atoms with Crippen molar-refractivity contribution in [3.63, 3.8) is 0 Å². The summed E-state index contributed by atoms with van der Waals surface area (Å²) in [5.41, 5.74) is 0.895. The zero-order valence-electron chi connectivity index (χ0n) is 14.9. The first kappa shape index (κ1) is 17.6. The minimum absolute atomic E-state index is 0.0747. The Hall–Kier alpha value is -3.46. The Morgan fingerprint density at radius 3 is 2.59 bits per heavy atom. The van der Waals surface area contributed by atoms with Crippen LogP contribution in [0.1, 0.15) is 18.9 Å². The number of fused-ring (bicyclic) bond motifs is 2. The molecule has 1 saturated carbocycles. The number of hydrogen-bond acceptors (Lipinski definition) is 4. The van der Waals surface area contributed by atoms with Gasteiger partial charge in [0.15, 0.2) is 0 Å². The second-order valence-corrected chi connectivity index (χ2v) is 7.80. The minimum atomic E-state index is -1.18. The van der Waals surface area contributed by atoms with Gasteiger partial charge >= 0.3 is 6.09 Å². The maximum atomic E-state index is 14.9. The van der Waals surface area contributed by atoms with E-state index in [1.165, 1.54) is 6.07 Å². The number of H-pyrrole nitrogens is 1. The summed E-state index contributed by atoms with van der Waals surface area (Å²) < 4.78 is 19.5. The number of rotatable bonds is 3. The van der Waals surface area contributed by atoms with Crippen LogP contribution in [0, 0.1) is 5.82 Å². The summed E-state index contributed by atoms with van der Waals surface area (Å²) in [5, 5.41) is 11.3. The maximum Gasteiger partial charge on any atom is 0.409 e. The van der Waals surface area contributed by atoms with Crippen molar-refractivity contribution in [2.75, 3.05) is 5.32 Å². The van der Waals surface area contributed by atoms with Crippen LogP contribution in [-0.4, -0.2) is 20.1 Å². The Morgan fingerprint density at radius 1 is 1.21 bits per heavy atom. The zero-order chi connectivity index (χ0) is 20.3. The molecule has 4 aromatic rings. The molecule has 0 unspecified atom stereocenters. The molecule has 0 atom stereocenters. The van der Waals surface area contributed by atoms with E-state index in [9.17, 15) is 18.8 Å². The lowest BCUT2D eigenvalue weighted by atomic mass is 10.0. The van der Waals surface area contributed by atoms with Gasteiger partial charge in [0.2, 0.25) is 5.43 Å². The molecule has 0 aliphatic heterocycles. The molecule has 0 radical (unpaired) electrons. The second-order valence-electron chi connectivity index (χ2n) is 7.00. The molecule has 146 valence electrons. The lowest BCUT2D eigenvalue weighted by Gasteiger charge is -2.14. The van der Waals surface area contributed by atoms with E-state index in [2.05, 4.69) is 9.69 Å². The van der Waals surface area contributed by atoms with E-state index in [-0.39, 0.29) is 16.8 Å². The third-order valence-corrected chi connectivity index (χ3v) is 5.96. The van der Waals surface area contributed by atoms with Crippen LogP contribution < -0.4 is 16.3 Å². The topological polar surface area (TPSA) is 104 Å². The van der Waals surface area contributed by atoms with Gasteiger partial charge in [0.25, 0.3) is 5.56 Å². The number of carboxylic acid groups (broad SMARTS) is 1. The Bertz CT molecular complexity index is 1410. The van der Waals surface area contributed by atoms with Gasteiger partial charge < -0.3 is 9.67 Å². The van der Waals surface area contributed by atoms with Crippen molar-refractivity contribution in [1.82, 2.24) is 8.94 Å². The zero-order valence-corrected chi connectivity index (χ0v) is 15.7. The van der Waals surface area contributed by atoms with Crippen molar-refractivity contribution in [3.8, 4) is 11.1 Å². The number of nitrogens with one attached hydrogen (secondary N) is 2. The Morgan fingerprint density at radius 2 is 1.93 bits per heavy atom. The molecule has 1 aliphatic rings. The lowest BCUT2D eigenvalue weighted by Crippen LogP contribution is -2.15. The molecule has 0 spiro atoms. The number of aromatic amines is 1. The first-order valence-corrected chi connectivity index (χ1v) is 9.75. The van der Waals surface area contributed by atoms with Gasteiger partial charge in [-0.15, -0.1) is 0 Å². The van der Waals surface area contributed by atoms with E-state index >= 15 is 0 Å². The van der Waals surface area contributed by atoms with Gasteiger partial charge in [0, 0.05) is 22.7 Å². The van der Waals surface area contributed by atoms with Crippen LogP contribution in [0.5, 0.6) is 0 Å². The van der Waals surface area contributed by atoms with Crippen LogP contribution in [0.2, 0.25) is 0 Å². The van der Waals surface area contributed by atoms with Gasteiger partial charge in [0.05, 0.1) is 5.52 Å². The van der Waals surface area contributed by atoms with Crippen molar-refractivity contribution >= 4 is 44.4 Å². The van der Waals surface area contributed by atoms with Crippen molar-refractivity contribution in [1.29, 1.82) is 0 Å². The Balaban J connectivity index is 1.76. The average Bonchev–Trinajstić information content (AvgIpc) is 3.44. The van der Waals surface area contributed by atoms with Crippen LogP contribution in [0.4, 0.5) is 14.9 Å². The third kappa shape index (κ3) is 2.82. The molecule has 3 N–H and O–H groups in total. The highest BCUT2D eigenvalue weighted by molar-refractivity contribution is 7.12. The molecule has 0 saturated heterocycles. The van der Waals surface area contributed by atoms with Gasteiger partial charge in [-0.25, -0.2) is 9.18 Å². The molecule has 9 heteroatoms. The monoisotopic (exact) mass is 411 g/mol. The number of amides is 1. The van der Waals surface area contributed by atoms with Crippen LogP contribution in [-0.2, 0) is 0 Å². The molecule has 1 aliphatic carbocycles. The summed E-state index contributed by atoms with van der Waals surface area (Å²) >= 11 is 1.12. The average molecular weight is 411 g/mol. The molecule has 0 bridgehead atoms. The van der Waals surface area contributed by atoms with Crippen molar-refractivity contribution in [2.45, 2.75) is 18.9 Å². The third-order valence-electron chi connectivity index (χ3n) is 5.08.